The standard InChI is InChI=1S/C34H40N4O3/c35-24-11-7-22(8-12-24)32-30-16-15-29(41-28-17-19-40-20-18-28)21-31(30)38(27-5-2-6-27)33(32)23-9-13-26(14-10-23)37-34(39)36-25-3-1-4-25/h7-16,21,25,27-28,32-33H,1-6,17-20,35H2,(H2,36,37,39). The van der Waals surface area contributed by atoms with Crippen molar-refractivity contribution in [3.63, 3.8) is 0 Å². The van der Waals surface area contributed by atoms with E-state index >= 15 is 0 Å². The summed E-state index contributed by atoms with van der Waals surface area (Å²) in [6.07, 6.45) is 9.03. The number of urea groups is 1. The van der Waals surface area contributed by atoms with Crippen LogP contribution in [-0.4, -0.2) is 37.4 Å². The first kappa shape index (κ1) is 26.2. The first-order valence-electron chi connectivity index (χ1n) is 15.3. The molecule has 0 bridgehead atoms. The Morgan fingerprint density at radius 1 is 0.854 bits per heavy atom. The minimum Gasteiger partial charge on any atom is -0.490 e. The molecule has 2 heterocycles. The molecule has 2 unspecified atom stereocenters. The average Bonchev–Trinajstić information content (AvgIpc) is 3.25. The first-order chi connectivity index (χ1) is 20.1. The second-order valence-electron chi connectivity index (χ2n) is 12.1. The molecule has 0 radical (unpaired) electrons. The third-order valence-electron chi connectivity index (χ3n) is 9.42. The van der Waals surface area contributed by atoms with Crippen LogP contribution in [0, 0.1) is 0 Å². The van der Waals surface area contributed by atoms with Crippen LogP contribution in [0.15, 0.2) is 66.7 Å². The SMILES string of the molecule is Nc1ccc(C2c3ccc(OC4CCOCC4)cc3N(C3CCC3)C2c2ccc(NC(=O)NC3CCC3)cc2)cc1. The number of carbonyl (C=O) groups is 1. The van der Waals surface area contributed by atoms with Gasteiger partial charge < -0.3 is 30.7 Å². The van der Waals surface area contributed by atoms with Gasteiger partial charge in [0.1, 0.15) is 11.9 Å². The van der Waals surface area contributed by atoms with Gasteiger partial charge in [-0.2, -0.15) is 0 Å². The molecule has 1 saturated heterocycles. The number of ether oxygens (including phenoxy) is 2. The number of nitrogens with zero attached hydrogens (tertiary/aromatic N) is 1. The van der Waals surface area contributed by atoms with E-state index in [4.69, 9.17) is 15.2 Å². The van der Waals surface area contributed by atoms with E-state index in [-0.39, 0.29) is 24.1 Å². The molecule has 2 aliphatic heterocycles. The van der Waals surface area contributed by atoms with Crippen molar-refractivity contribution in [2.45, 2.75) is 81.5 Å². The van der Waals surface area contributed by atoms with Gasteiger partial charge in [0.05, 0.1) is 19.3 Å². The van der Waals surface area contributed by atoms with Gasteiger partial charge in [-0.3, -0.25) is 0 Å². The Bertz CT molecular complexity index is 1360. The van der Waals surface area contributed by atoms with Gasteiger partial charge in [0.15, 0.2) is 0 Å². The maximum absolute atomic E-state index is 12.5. The van der Waals surface area contributed by atoms with E-state index in [2.05, 4.69) is 58.0 Å². The Kier molecular flexibility index (Phi) is 7.21. The van der Waals surface area contributed by atoms with Gasteiger partial charge >= 0.3 is 6.03 Å². The van der Waals surface area contributed by atoms with Crippen LogP contribution in [0.3, 0.4) is 0 Å². The Hall–Kier alpha value is -3.71. The fourth-order valence-electron chi connectivity index (χ4n) is 6.73. The van der Waals surface area contributed by atoms with E-state index in [1.807, 2.05) is 24.3 Å². The van der Waals surface area contributed by atoms with Crippen LogP contribution >= 0.6 is 0 Å². The summed E-state index contributed by atoms with van der Waals surface area (Å²) in [4.78, 5) is 15.1. The highest BCUT2D eigenvalue weighted by atomic mass is 16.5. The molecular formula is C34H40N4O3. The number of nitrogens with one attached hydrogen (secondary N) is 2. The van der Waals surface area contributed by atoms with Crippen molar-refractivity contribution >= 4 is 23.1 Å². The number of amides is 2. The smallest absolute Gasteiger partial charge is 0.319 e. The lowest BCUT2D eigenvalue weighted by molar-refractivity contribution is 0.0256. The molecule has 2 amide bonds. The van der Waals surface area contributed by atoms with Crippen molar-refractivity contribution < 1.29 is 14.3 Å². The van der Waals surface area contributed by atoms with E-state index in [0.29, 0.717) is 12.1 Å². The summed E-state index contributed by atoms with van der Waals surface area (Å²) in [7, 11) is 0. The number of fused-ring (bicyclic) bond motifs is 1. The third kappa shape index (κ3) is 5.35. The number of hydrogen-bond acceptors (Lipinski definition) is 5. The zero-order valence-electron chi connectivity index (χ0n) is 23.6. The van der Waals surface area contributed by atoms with Crippen LogP contribution in [0.5, 0.6) is 5.75 Å². The molecule has 0 aromatic heterocycles. The van der Waals surface area contributed by atoms with Gasteiger partial charge in [-0.1, -0.05) is 30.3 Å². The number of hydrogen-bond donors (Lipinski definition) is 3. The number of benzene rings is 3. The van der Waals surface area contributed by atoms with E-state index in [1.165, 1.54) is 48.1 Å². The largest absolute Gasteiger partial charge is 0.490 e. The second kappa shape index (κ2) is 11.3. The molecule has 4 N–H and O–H groups in total. The molecule has 7 heteroatoms. The minimum absolute atomic E-state index is 0.122. The zero-order chi connectivity index (χ0) is 27.8. The summed E-state index contributed by atoms with van der Waals surface area (Å²) in [5.41, 5.74) is 12.8. The molecule has 41 heavy (non-hydrogen) atoms. The minimum atomic E-state index is -0.122. The number of anilines is 3. The van der Waals surface area contributed by atoms with Crippen molar-refractivity contribution in [1.29, 1.82) is 0 Å². The van der Waals surface area contributed by atoms with Gasteiger partial charge in [-0.15, -0.1) is 0 Å². The average molecular weight is 553 g/mol. The van der Waals surface area contributed by atoms with Gasteiger partial charge in [-0.05, 0) is 85.5 Å². The number of rotatable bonds is 7. The molecule has 0 spiro atoms. The molecule has 7 rings (SSSR count). The van der Waals surface area contributed by atoms with Crippen molar-refractivity contribution in [2.24, 2.45) is 0 Å². The van der Waals surface area contributed by atoms with E-state index in [9.17, 15) is 4.79 Å². The van der Waals surface area contributed by atoms with E-state index < -0.39 is 0 Å². The normalized spacial score (nSPS) is 22.9. The Morgan fingerprint density at radius 3 is 2.22 bits per heavy atom. The molecule has 2 saturated carbocycles. The fraction of sp³-hybridized carbons (Fsp3) is 0.441. The maximum atomic E-state index is 12.5. The summed E-state index contributed by atoms with van der Waals surface area (Å²) in [5.74, 6) is 1.10. The quantitative estimate of drug-likeness (QED) is 0.282. The van der Waals surface area contributed by atoms with Crippen molar-refractivity contribution in [3.05, 3.63) is 83.4 Å². The highest BCUT2D eigenvalue weighted by molar-refractivity contribution is 5.89. The number of nitrogens with two attached hydrogens (primary N) is 1. The summed E-state index contributed by atoms with van der Waals surface area (Å²) in [6, 6.07) is 24.3. The molecular weight excluding hydrogens is 512 g/mol. The highest BCUT2D eigenvalue weighted by Gasteiger charge is 2.45. The van der Waals surface area contributed by atoms with Gasteiger partial charge in [0.2, 0.25) is 0 Å². The lowest BCUT2D eigenvalue weighted by Gasteiger charge is -2.42. The summed E-state index contributed by atoms with van der Waals surface area (Å²) in [6.45, 7) is 1.52. The molecule has 7 nitrogen and oxygen atoms in total. The predicted octanol–water partition coefficient (Wildman–Crippen LogP) is 6.75. The highest BCUT2D eigenvalue weighted by Crippen LogP contribution is 2.55. The van der Waals surface area contributed by atoms with Crippen LogP contribution in [0.1, 0.15) is 80.0 Å². The molecule has 3 aromatic rings. The van der Waals surface area contributed by atoms with Crippen molar-refractivity contribution in [1.82, 2.24) is 5.32 Å². The van der Waals surface area contributed by atoms with Gasteiger partial charge in [-0.25, -0.2) is 4.79 Å². The van der Waals surface area contributed by atoms with Gasteiger partial charge in [0, 0.05) is 54.0 Å². The lowest BCUT2D eigenvalue weighted by atomic mass is 9.83. The fourth-order valence-corrected chi connectivity index (χ4v) is 6.73. The first-order valence-corrected chi connectivity index (χ1v) is 15.3. The Balaban J connectivity index is 1.22. The molecule has 3 aromatic carbocycles. The van der Waals surface area contributed by atoms with Crippen LogP contribution in [-0.2, 0) is 4.74 Å². The van der Waals surface area contributed by atoms with Crippen molar-refractivity contribution in [2.75, 3.05) is 29.2 Å². The van der Waals surface area contributed by atoms with Crippen LogP contribution in [0.2, 0.25) is 0 Å². The van der Waals surface area contributed by atoms with Crippen LogP contribution in [0.4, 0.5) is 21.9 Å². The molecule has 3 fully saturated rings. The molecule has 4 aliphatic rings. The molecule has 2 aliphatic carbocycles. The monoisotopic (exact) mass is 552 g/mol. The van der Waals surface area contributed by atoms with Crippen LogP contribution < -0.4 is 26.0 Å². The summed E-state index contributed by atoms with van der Waals surface area (Å²) in [5, 5.41) is 6.09. The summed E-state index contributed by atoms with van der Waals surface area (Å²) < 4.78 is 12.0. The number of carbonyl (C=O) groups excluding carboxylic acids is 1. The maximum Gasteiger partial charge on any atom is 0.319 e. The predicted molar refractivity (Wildman–Crippen MR) is 163 cm³/mol. The number of nitrogen functional groups attached to an aromatic ring is 1. The summed E-state index contributed by atoms with van der Waals surface area (Å²) >= 11 is 0. The van der Waals surface area contributed by atoms with Gasteiger partial charge in [0.25, 0.3) is 0 Å². The van der Waals surface area contributed by atoms with E-state index in [0.717, 1.165) is 56.0 Å². The molecule has 2 atom stereocenters. The second-order valence-corrected chi connectivity index (χ2v) is 12.1. The lowest BCUT2D eigenvalue weighted by Crippen LogP contribution is -2.42. The molecule has 214 valence electrons. The third-order valence-corrected chi connectivity index (χ3v) is 9.42. The zero-order valence-corrected chi connectivity index (χ0v) is 23.6. The topological polar surface area (TPSA) is 88.9 Å². The Morgan fingerprint density at radius 2 is 1.56 bits per heavy atom. The van der Waals surface area contributed by atoms with Crippen molar-refractivity contribution in [3.8, 4) is 5.75 Å². The van der Waals surface area contributed by atoms with E-state index in [1.54, 1.807) is 0 Å². The Labute approximate surface area is 242 Å². The van der Waals surface area contributed by atoms with Crippen LogP contribution in [0.25, 0.3) is 0 Å².